The Kier molecular flexibility index (Phi) is 3.33. The summed E-state index contributed by atoms with van der Waals surface area (Å²) in [7, 11) is 0. The van der Waals surface area contributed by atoms with Gasteiger partial charge < -0.3 is 15.9 Å². The number of nitrogens with two attached hydrogens (primary N) is 1. The van der Waals surface area contributed by atoms with Crippen LogP contribution in [-0.2, 0) is 11.2 Å². The van der Waals surface area contributed by atoms with Crippen LogP contribution in [0.2, 0.25) is 5.02 Å². The van der Waals surface area contributed by atoms with Gasteiger partial charge in [0, 0.05) is 11.4 Å². The number of hydrogen-bond acceptors (Lipinski definition) is 3. The van der Waals surface area contributed by atoms with E-state index in [-0.39, 0.29) is 12.2 Å². The summed E-state index contributed by atoms with van der Waals surface area (Å²) in [6, 6.07) is 3.40. The molecule has 0 aliphatic carbocycles. The zero-order valence-corrected chi connectivity index (χ0v) is 8.03. The average molecular weight is 216 g/mol. The van der Waals surface area contributed by atoms with Crippen LogP contribution < -0.4 is 5.73 Å². The molecule has 0 radical (unpaired) electrons. The number of rotatable bonds is 3. The second-order valence-electron chi connectivity index (χ2n) is 2.92. The van der Waals surface area contributed by atoms with Crippen LogP contribution in [0, 0.1) is 0 Å². The molecule has 0 bridgehead atoms. The van der Waals surface area contributed by atoms with Gasteiger partial charge in [0.25, 0.3) is 0 Å². The Labute approximate surface area is 85.9 Å². The molecule has 1 rings (SSSR count). The number of aromatic hydroxyl groups is 1. The molecule has 0 aliphatic heterocycles. The monoisotopic (exact) mass is 215 g/mol. The van der Waals surface area contributed by atoms with Crippen molar-refractivity contribution < 1.29 is 15.0 Å². The second kappa shape index (κ2) is 4.30. The Balaban J connectivity index is 2.85. The predicted octanol–water partition coefficient (Wildman–Crippen LogP) is 1.00. The van der Waals surface area contributed by atoms with Gasteiger partial charge in [-0.25, -0.2) is 0 Å². The van der Waals surface area contributed by atoms with Crippen molar-refractivity contribution in [1.29, 1.82) is 0 Å². The summed E-state index contributed by atoms with van der Waals surface area (Å²) < 4.78 is 0. The number of phenols is 1. The minimum atomic E-state index is -1.11. The maximum Gasteiger partial charge on any atom is 0.320 e. The van der Waals surface area contributed by atoms with E-state index in [0.29, 0.717) is 10.6 Å². The smallest absolute Gasteiger partial charge is 0.320 e. The predicted molar refractivity (Wildman–Crippen MR) is 52.4 cm³/mol. The van der Waals surface area contributed by atoms with Gasteiger partial charge in [0.1, 0.15) is 11.8 Å². The van der Waals surface area contributed by atoms with E-state index in [4.69, 9.17) is 22.4 Å². The van der Waals surface area contributed by atoms with Crippen LogP contribution in [-0.4, -0.2) is 22.2 Å². The first-order valence-corrected chi connectivity index (χ1v) is 4.34. The fraction of sp³-hybridized carbons (Fsp3) is 0.222. The Morgan fingerprint density at radius 2 is 2.21 bits per heavy atom. The molecule has 0 saturated carbocycles. The van der Waals surface area contributed by atoms with Gasteiger partial charge in [0.05, 0.1) is 0 Å². The van der Waals surface area contributed by atoms with Crippen LogP contribution in [0.1, 0.15) is 5.56 Å². The standard InChI is InChI=1S/C9H10ClNO3/c10-6-1-2-8(12)5(3-6)4-7(11)9(13)14/h1-3,7,12H,4,11H2,(H,13,14)/t7-/m1/s1. The van der Waals surface area contributed by atoms with Gasteiger partial charge in [-0.2, -0.15) is 0 Å². The van der Waals surface area contributed by atoms with Gasteiger partial charge >= 0.3 is 5.97 Å². The van der Waals surface area contributed by atoms with Gasteiger partial charge in [0.2, 0.25) is 0 Å². The first kappa shape index (κ1) is 10.8. The highest BCUT2D eigenvalue weighted by atomic mass is 35.5. The van der Waals surface area contributed by atoms with Gasteiger partial charge in [-0.3, -0.25) is 4.79 Å². The molecular formula is C9H10ClNO3. The number of carboxylic acids is 1. The van der Waals surface area contributed by atoms with E-state index >= 15 is 0 Å². The summed E-state index contributed by atoms with van der Waals surface area (Å²) in [5.41, 5.74) is 5.75. The van der Waals surface area contributed by atoms with Crippen molar-refractivity contribution in [1.82, 2.24) is 0 Å². The van der Waals surface area contributed by atoms with E-state index in [1.807, 2.05) is 0 Å². The summed E-state index contributed by atoms with van der Waals surface area (Å²) >= 11 is 5.68. The summed E-state index contributed by atoms with van der Waals surface area (Å²) in [5, 5.41) is 18.4. The van der Waals surface area contributed by atoms with E-state index in [9.17, 15) is 9.90 Å². The van der Waals surface area contributed by atoms with Gasteiger partial charge in [-0.15, -0.1) is 0 Å². The van der Waals surface area contributed by atoms with Crippen LogP contribution in [0.5, 0.6) is 5.75 Å². The lowest BCUT2D eigenvalue weighted by atomic mass is 10.1. The number of phenolic OH excluding ortho intramolecular Hbond substituents is 1. The summed E-state index contributed by atoms with van der Waals surface area (Å²) in [4.78, 5) is 10.5. The molecule has 0 heterocycles. The molecule has 1 atom stereocenters. The quantitative estimate of drug-likeness (QED) is 0.703. The first-order valence-electron chi connectivity index (χ1n) is 3.96. The molecule has 0 amide bonds. The molecule has 4 N–H and O–H groups in total. The van der Waals surface area contributed by atoms with E-state index in [1.165, 1.54) is 18.2 Å². The van der Waals surface area contributed by atoms with Crippen molar-refractivity contribution in [3.63, 3.8) is 0 Å². The second-order valence-corrected chi connectivity index (χ2v) is 3.36. The van der Waals surface area contributed by atoms with Crippen molar-refractivity contribution in [3.05, 3.63) is 28.8 Å². The lowest BCUT2D eigenvalue weighted by Gasteiger charge is -2.08. The largest absolute Gasteiger partial charge is 0.508 e. The topological polar surface area (TPSA) is 83.5 Å². The Morgan fingerprint density at radius 1 is 1.57 bits per heavy atom. The highest BCUT2D eigenvalue weighted by Gasteiger charge is 2.14. The van der Waals surface area contributed by atoms with Crippen molar-refractivity contribution in [3.8, 4) is 5.75 Å². The van der Waals surface area contributed by atoms with Crippen LogP contribution >= 0.6 is 11.6 Å². The third-order valence-electron chi connectivity index (χ3n) is 1.80. The minimum Gasteiger partial charge on any atom is -0.508 e. The van der Waals surface area contributed by atoms with Gasteiger partial charge in [0.15, 0.2) is 0 Å². The third-order valence-corrected chi connectivity index (χ3v) is 2.03. The zero-order valence-electron chi connectivity index (χ0n) is 7.27. The lowest BCUT2D eigenvalue weighted by Crippen LogP contribution is -2.32. The lowest BCUT2D eigenvalue weighted by molar-refractivity contribution is -0.138. The van der Waals surface area contributed by atoms with Crippen molar-refractivity contribution >= 4 is 17.6 Å². The number of halogens is 1. The molecule has 0 aliphatic rings. The first-order chi connectivity index (χ1) is 6.50. The minimum absolute atomic E-state index is 0.00565. The molecular weight excluding hydrogens is 206 g/mol. The molecule has 0 saturated heterocycles. The van der Waals surface area contributed by atoms with Gasteiger partial charge in [-0.05, 0) is 23.8 Å². The van der Waals surface area contributed by atoms with Crippen molar-refractivity contribution in [2.75, 3.05) is 0 Å². The molecule has 76 valence electrons. The third kappa shape index (κ3) is 2.61. The van der Waals surface area contributed by atoms with Crippen molar-refractivity contribution in [2.24, 2.45) is 5.73 Å². The van der Waals surface area contributed by atoms with Crippen LogP contribution in [0.4, 0.5) is 0 Å². The molecule has 1 aromatic rings. The Bertz CT molecular complexity index is 354. The molecule has 14 heavy (non-hydrogen) atoms. The Morgan fingerprint density at radius 3 is 2.79 bits per heavy atom. The van der Waals surface area contributed by atoms with Crippen molar-refractivity contribution in [2.45, 2.75) is 12.5 Å². The number of aliphatic carboxylic acids is 1. The summed E-state index contributed by atoms with van der Waals surface area (Å²) in [5.74, 6) is -1.10. The number of carboxylic acid groups (broad SMARTS) is 1. The maximum atomic E-state index is 10.5. The van der Waals surface area contributed by atoms with E-state index < -0.39 is 12.0 Å². The van der Waals surface area contributed by atoms with E-state index in [0.717, 1.165) is 0 Å². The fourth-order valence-corrected chi connectivity index (χ4v) is 1.24. The molecule has 4 nitrogen and oxygen atoms in total. The molecule has 0 spiro atoms. The normalized spacial score (nSPS) is 12.4. The fourth-order valence-electron chi connectivity index (χ4n) is 1.04. The Hall–Kier alpha value is -1.26. The van der Waals surface area contributed by atoms with Crippen LogP contribution in [0.3, 0.4) is 0 Å². The maximum absolute atomic E-state index is 10.5. The van der Waals surface area contributed by atoms with Crippen LogP contribution in [0.15, 0.2) is 18.2 Å². The summed E-state index contributed by atoms with van der Waals surface area (Å²) in [6.45, 7) is 0. The number of hydrogen-bond donors (Lipinski definition) is 3. The van der Waals surface area contributed by atoms with E-state index in [1.54, 1.807) is 0 Å². The average Bonchev–Trinajstić information content (AvgIpc) is 2.11. The SMILES string of the molecule is N[C@H](Cc1cc(Cl)ccc1O)C(=O)O. The summed E-state index contributed by atoms with van der Waals surface area (Å²) in [6.07, 6.45) is 0.0573. The number of benzene rings is 1. The van der Waals surface area contributed by atoms with Gasteiger partial charge in [-0.1, -0.05) is 11.6 Å². The van der Waals surface area contributed by atoms with E-state index in [2.05, 4.69) is 0 Å². The van der Waals surface area contributed by atoms with Crippen LogP contribution in [0.25, 0.3) is 0 Å². The molecule has 0 unspecified atom stereocenters. The molecule has 0 fully saturated rings. The molecule has 0 aromatic heterocycles. The molecule has 1 aromatic carbocycles. The number of carbonyl (C=O) groups is 1. The highest BCUT2D eigenvalue weighted by Crippen LogP contribution is 2.22. The molecule has 5 heteroatoms. The zero-order chi connectivity index (χ0) is 10.7. The highest BCUT2D eigenvalue weighted by molar-refractivity contribution is 6.30.